The van der Waals surface area contributed by atoms with Crippen molar-refractivity contribution in [2.24, 2.45) is 10.9 Å². The number of amides is 1. The van der Waals surface area contributed by atoms with E-state index in [1.54, 1.807) is 6.92 Å². The van der Waals surface area contributed by atoms with E-state index in [9.17, 15) is 4.79 Å². The molecule has 0 aromatic carbocycles. The van der Waals surface area contributed by atoms with Crippen molar-refractivity contribution >= 4 is 11.7 Å². The molecule has 1 heterocycles. The van der Waals surface area contributed by atoms with Gasteiger partial charge in [0.1, 0.15) is 17.4 Å². The monoisotopic (exact) mass is 253 g/mol. The summed E-state index contributed by atoms with van der Waals surface area (Å²) in [5, 5.41) is 14.0. The van der Waals surface area contributed by atoms with Gasteiger partial charge in [0.15, 0.2) is 0 Å². The van der Waals surface area contributed by atoms with Crippen LogP contribution in [0.2, 0.25) is 0 Å². The normalized spacial score (nSPS) is 11.6. The number of oxime groups is 1. The molecule has 6 nitrogen and oxygen atoms in total. The fraction of sp³-hybridized carbons (Fsp3) is 0.500. The highest BCUT2D eigenvalue weighted by atomic mass is 16.4. The summed E-state index contributed by atoms with van der Waals surface area (Å²) in [6.07, 6.45) is 1.07. The van der Waals surface area contributed by atoms with E-state index in [2.05, 4.69) is 10.5 Å². The van der Waals surface area contributed by atoms with Gasteiger partial charge in [0.2, 0.25) is 0 Å². The molecular weight excluding hydrogens is 234 g/mol. The van der Waals surface area contributed by atoms with E-state index >= 15 is 0 Å². The van der Waals surface area contributed by atoms with Crippen molar-refractivity contribution < 1.29 is 14.4 Å². The minimum atomic E-state index is -0.152. The van der Waals surface area contributed by atoms with Gasteiger partial charge in [-0.3, -0.25) is 4.79 Å². The summed E-state index contributed by atoms with van der Waals surface area (Å²) < 4.78 is 5.40. The molecule has 0 aliphatic carbocycles. The maximum absolute atomic E-state index is 11.9. The minimum absolute atomic E-state index is 0.152. The molecule has 0 aliphatic rings. The smallest absolute Gasteiger partial charge is 0.255 e. The molecule has 4 N–H and O–H groups in total. The lowest BCUT2D eigenvalue weighted by Crippen LogP contribution is -2.26. The summed E-state index contributed by atoms with van der Waals surface area (Å²) in [5.41, 5.74) is 6.78. The zero-order valence-electron chi connectivity index (χ0n) is 10.9. The van der Waals surface area contributed by atoms with Crippen LogP contribution in [0.3, 0.4) is 0 Å². The lowest BCUT2D eigenvalue weighted by Gasteiger charge is -2.04. The standard InChI is InChI=1S/C12H19N3O3/c1-7-8(2)18-9(3)11(7)12(16)14-6-4-5-10(13)15-17/h17H,4-6H2,1-3H3,(H2,13,15)(H,14,16). The summed E-state index contributed by atoms with van der Waals surface area (Å²) in [4.78, 5) is 11.9. The van der Waals surface area contributed by atoms with Crippen LogP contribution in [0.15, 0.2) is 9.57 Å². The van der Waals surface area contributed by atoms with Crippen LogP contribution in [0.5, 0.6) is 0 Å². The first-order chi connectivity index (χ1) is 8.47. The van der Waals surface area contributed by atoms with E-state index in [0.29, 0.717) is 30.7 Å². The van der Waals surface area contributed by atoms with Gasteiger partial charge in [-0.25, -0.2) is 0 Å². The molecule has 0 unspecified atom stereocenters. The average molecular weight is 253 g/mol. The number of nitrogens with two attached hydrogens (primary N) is 1. The second kappa shape index (κ2) is 6.09. The third kappa shape index (κ3) is 3.26. The van der Waals surface area contributed by atoms with Crippen molar-refractivity contribution in [1.29, 1.82) is 0 Å². The van der Waals surface area contributed by atoms with Crippen molar-refractivity contribution in [1.82, 2.24) is 5.32 Å². The van der Waals surface area contributed by atoms with Crippen LogP contribution in [0.4, 0.5) is 0 Å². The Bertz CT molecular complexity index is 463. The van der Waals surface area contributed by atoms with Crippen molar-refractivity contribution in [2.45, 2.75) is 33.6 Å². The van der Waals surface area contributed by atoms with Crippen molar-refractivity contribution in [3.05, 3.63) is 22.6 Å². The van der Waals surface area contributed by atoms with Gasteiger partial charge < -0.3 is 20.7 Å². The average Bonchev–Trinajstić information content (AvgIpc) is 2.58. The van der Waals surface area contributed by atoms with Crippen molar-refractivity contribution in [2.75, 3.05) is 6.54 Å². The molecule has 0 saturated carbocycles. The number of carbonyl (C=O) groups is 1. The molecule has 1 rings (SSSR count). The van der Waals surface area contributed by atoms with E-state index in [0.717, 1.165) is 11.3 Å². The third-order valence-corrected chi connectivity index (χ3v) is 2.81. The molecule has 0 atom stereocenters. The molecule has 1 amide bonds. The van der Waals surface area contributed by atoms with Crippen LogP contribution >= 0.6 is 0 Å². The van der Waals surface area contributed by atoms with Crippen LogP contribution in [-0.2, 0) is 0 Å². The molecule has 1 aromatic heterocycles. The van der Waals surface area contributed by atoms with Crippen molar-refractivity contribution in [3.63, 3.8) is 0 Å². The first-order valence-corrected chi connectivity index (χ1v) is 5.78. The zero-order valence-corrected chi connectivity index (χ0v) is 10.9. The second-order valence-corrected chi connectivity index (χ2v) is 4.17. The fourth-order valence-electron chi connectivity index (χ4n) is 1.74. The number of rotatable bonds is 5. The highest BCUT2D eigenvalue weighted by Crippen LogP contribution is 2.20. The Labute approximate surface area is 106 Å². The number of nitrogens with zero attached hydrogens (tertiary/aromatic N) is 1. The Morgan fingerprint density at radius 2 is 2.06 bits per heavy atom. The zero-order chi connectivity index (χ0) is 13.7. The summed E-state index contributed by atoms with van der Waals surface area (Å²) in [5.74, 6) is 1.39. The second-order valence-electron chi connectivity index (χ2n) is 4.17. The predicted octanol–water partition coefficient (Wildman–Crippen LogP) is 1.46. The topological polar surface area (TPSA) is 101 Å². The van der Waals surface area contributed by atoms with Gasteiger partial charge in [0.25, 0.3) is 5.91 Å². The lowest BCUT2D eigenvalue weighted by molar-refractivity contribution is 0.0951. The summed E-state index contributed by atoms with van der Waals surface area (Å²) >= 11 is 0. The highest BCUT2D eigenvalue weighted by molar-refractivity contribution is 5.96. The van der Waals surface area contributed by atoms with Gasteiger partial charge in [-0.05, 0) is 27.2 Å². The van der Waals surface area contributed by atoms with Gasteiger partial charge >= 0.3 is 0 Å². The Hall–Kier alpha value is -1.98. The van der Waals surface area contributed by atoms with Gasteiger partial charge in [-0.2, -0.15) is 0 Å². The Kier molecular flexibility index (Phi) is 4.76. The number of furan rings is 1. The maximum atomic E-state index is 11.9. The number of carbonyl (C=O) groups excluding carboxylic acids is 1. The number of amidine groups is 1. The lowest BCUT2D eigenvalue weighted by atomic mass is 10.1. The molecule has 0 radical (unpaired) electrons. The largest absolute Gasteiger partial charge is 0.466 e. The molecule has 100 valence electrons. The van der Waals surface area contributed by atoms with E-state index in [-0.39, 0.29) is 11.7 Å². The van der Waals surface area contributed by atoms with Crippen molar-refractivity contribution in [3.8, 4) is 0 Å². The Morgan fingerprint density at radius 1 is 1.39 bits per heavy atom. The number of aryl methyl sites for hydroxylation is 2. The number of nitrogens with one attached hydrogen (secondary N) is 1. The Morgan fingerprint density at radius 3 is 2.56 bits per heavy atom. The first-order valence-electron chi connectivity index (χ1n) is 5.78. The summed E-state index contributed by atoms with van der Waals surface area (Å²) in [6, 6.07) is 0. The number of hydrogen-bond acceptors (Lipinski definition) is 4. The van der Waals surface area contributed by atoms with Crippen LogP contribution in [0.1, 0.15) is 40.3 Å². The van der Waals surface area contributed by atoms with Crippen LogP contribution in [0.25, 0.3) is 0 Å². The molecular formula is C12H19N3O3. The fourth-order valence-corrected chi connectivity index (χ4v) is 1.74. The SMILES string of the molecule is Cc1oc(C)c(C(=O)NCCCC(N)=NO)c1C. The van der Waals surface area contributed by atoms with Crippen LogP contribution < -0.4 is 11.1 Å². The molecule has 0 saturated heterocycles. The van der Waals surface area contributed by atoms with Gasteiger partial charge in [0, 0.05) is 18.5 Å². The first kappa shape index (κ1) is 14.1. The third-order valence-electron chi connectivity index (χ3n) is 2.81. The van der Waals surface area contributed by atoms with Crippen LogP contribution in [0, 0.1) is 20.8 Å². The molecule has 0 fully saturated rings. The van der Waals surface area contributed by atoms with Gasteiger partial charge in [0.05, 0.1) is 5.56 Å². The molecule has 0 bridgehead atoms. The van der Waals surface area contributed by atoms with Gasteiger partial charge in [-0.15, -0.1) is 0 Å². The van der Waals surface area contributed by atoms with Crippen LogP contribution in [-0.4, -0.2) is 23.5 Å². The molecule has 0 aliphatic heterocycles. The summed E-state index contributed by atoms with van der Waals surface area (Å²) in [7, 11) is 0. The van der Waals surface area contributed by atoms with E-state index in [1.165, 1.54) is 0 Å². The molecule has 0 spiro atoms. The predicted molar refractivity (Wildman–Crippen MR) is 67.9 cm³/mol. The summed E-state index contributed by atoms with van der Waals surface area (Å²) in [6.45, 7) is 5.93. The molecule has 1 aromatic rings. The quantitative estimate of drug-likeness (QED) is 0.243. The van der Waals surface area contributed by atoms with Gasteiger partial charge in [-0.1, -0.05) is 5.16 Å². The molecule has 6 heteroatoms. The van der Waals surface area contributed by atoms with E-state index in [1.807, 2.05) is 13.8 Å². The number of hydrogen-bond donors (Lipinski definition) is 3. The molecule has 18 heavy (non-hydrogen) atoms. The highest BCUT2D eigenvalue weighted by Gasteiger charge is 2.17. The van der Waals surface area contributed by atoms with E-state index < -0.39 is 0 Å². The maximum Gasteiger partial charge on any atom is 0.255 e. The Balaban J connectivity index is 2.51. The minimum Gasteiger partial charge on any atom is -0.466 e. The van der Waals surface area contributed by atoms with E-state index in [4.69, 9.17) is 15.4 Å².